The van der Waals surface area contributed by atoms with Crippen LogP contribution in [0.25, 0.3) is 0 Å². The first-order valence-corrected chi connectivity index (χ1v) is 5.81. The van der Waals surface area contributed by atoms with Crippen LogP contribution in [0.3, 0.4) is 0 Å². The highest BCUT2D eigenvalue weighted by atomic mass is 19.2. The highest BCUT2D eigenvalue weighted by Crippen LogP contribution is 2.28. The third-order valence-electron chi connectivity index (χ3n) is 3.34. The molecule has 6 heteroatoms. The molecule has 1 saturated heterocycles. The van der Waals surface area contributed by atoms with Gasteiger partial charge in [0.2, 0.25) is 0 Å². The number of methoxy groups -OCH3 is 2. The molecule has 0 N–H and O–H groups in total. The minimum Gasteiger partial charge on any atom is -0.377 e. The average molecular weight is 268 g/mol. The van der Waals surface area contributed by atoms with Crippen molar-refractivity contribution in [2.75, 3.05) is 32.2 Å². The molecule has 0 spiro atoms. The topological polar surface area (TPSA) is 45.5 Å². The summed E-state index contributed by atoms with van der Waals surface area (Å²) in [6.45, 7) is 0.828. The van der Waals surface area contributed by atoms with Crippen molar-refractivity contribution >= 4 is 5.69 Å². The van der Waals surface area contributed by atoms with Gasteiger partial charge in [-0.15, -0.1) is 0 Å². The third-order valence-corrected chi connectivity index (χ3v) is 3.34. The number of benzene rings is 1. The number of rotatable bonds is 3. The van der Waals surface area contributed by atoms with Crippen LogP contribution in [0, 0.1) is 23.0 Å². The van der Waals surface area contributed by atoms with Gasteiger partial charge < -0.3 is 14.4 Å². The predicted octanol–water partition coefficient (Wildman–Crippen LogP) is 1.69. The zero-order valence-corrected chi connectivity index (χ0v) is 10.7. The molecule has 2 unspecified atom stereocenters. The molecule has 0 bridgehead atoms. The van der Waals surface area contributed by atoms with Crippen LogP contribution in [0.1, 0.15) is 5.56 Å². The summed E-state index contributed by atoms with van der Waals surface area (Å²) in [4.78, 5) is 1.65. The van der Waals surface area contributed by atoms with E-state index in [1.54, 1.807) is 25.2 Å². The molecular formula is C13H14F2N2O2. The lowest BCUT2D eigenvalue weighted by atomic mass is 10.2. The highest BCUT2D eigenvalue weighted by Gasteiger charge is 2.34. The molecule has 0 aliphatic carbocycles. The molecule has 4 nitrogen and oxygen atoms in total. The Morgan fingerprint density at radius 3 is 2.21 bits per heavy atom. The van der Waals surface area contributed by atoms with Crippen LogP contribution >= 0.6 is 0 Å². The second-order valence-electron chi connectivity index (χ2n) is 4.33. The molecule has 0 amide bonds. The summed E-state index contributed by atoms with van der Waals surface area (Å²) in [7, 11) is 3.10. The highest BCUT2D eigenvalue weighted by molar-refractivity contribution is 5.53. The Labute approximate surface area is 110 Å². The fourth-order valence-electron chi connectivity index (χ4n) is 2.26. The first-order chi connectivity index (χ1) is 9.12. The van der Waals surface area contributed by atoms with Crippen LogP contribution in [0.5, 0.6) is 0 Å². The Hall–Kier alpha value is -1.71. The molecule has 0 saturated carbocycles. The molecule has 0 radical (unpaired) electrons. The Morgan fingerprint density at radius 1 is 1.16 bits per heavy atom. The normalized spacial score (nSPS) is 22.6. The van der Waals surface area contributed by atoms with Crippen molar-refractivity contribution in [2.24, 2.45) is 0 Å². The Morgan fingerprint density at radius 2 is 1.74 bits per heavy atom. The van der Waals surface area contributed by atoms with Crippen molar-refractivity contribution in [3.8, 4) is 6.07 Å². The number of hydrogen-bond donors (Lipinski definition) is 0. The van der Waals surface area contributed by atoms with Crippen molar-refractivity contribution in [2.45, 2.75) is 12.2 Å². The molecule has 0 aromatic heterocycles. The van der Waals surface area contributed by atoms with Crippen LogP contribution in [-0.4, -0.2) is 39.5 Å². The van der Waals surface area contributed by atoms with Crippen molar-refractivity contribution in [3.05, 3.63) is 29.3 Å². The van der Waals surface area contributed by atoms with Gasteiger partial charge in [0.15, 0.2) is 11.6 Å². The van der Waals surface area contributed by atoms with Gasteiger partial charge in [0.25, 0.3) is 0 Å². The summed E-state index contributed by atoms with van der Waals surface area (Å²) in [5, 5.41) is 8.65. The molecule has 1 aromatic rings. The quantitative estimate of drug-likeness (QED) is 0.837. The fraction of sp³-hybridized carbons (Fsp3) is 0.462. The van der Waals surface area contributed by atoms with E-state index in [1.165, 1.54) is 12.1 Å². The summed E-state index contributed by atoms with van der Waals surface area (Å²) in [6.07, 6.45) is -0.383. The van der Waals surface area contributed by atoms with E-state index in [0.717, 1.165) is 0 Å². The second-order valence-corrected chi connectivity index (χ2v) is 4.33. The zero-order valence-electron chi connectivity index (χ0n) is 10.7. The second kappa shape index (κ2) is 5.51. The monoisotopic (exact) mass is 268 g/mol. The molecule has 1 aromatic carbocycles. The van der Waals surface area contributed by atoms with E-state index in [2.05, 4.69) is 0 Å². The number of nitrogens with zero attached hydrogens (tertiary/aromatic N) is 2. The Kier molecular flexibility index (Phi) is 3.98. The number of ether oxygens (including phenoxy) is 2. The molecular weight excluding hydrogens is 254 g/mol. The van der Waals surface area contributed by atoms with Crippen LogP contribution in [0.4, 0.5) is 14.5 Å². The predicted molar refractivity (Wildman–Crippen MR) is 64.9 cm³/mol. The van der Waals surface area contributed by atoms with Gasteiger partial charge in [-0.3, -0.25) is 0 Å². The Balaban J connectivity index is 2.30. The van der Waals surface area contributed by atoms with Gasteiger partial charge in [0.1, 0.15) is 18.3 Å². The molecule has 1 aliphatic heterocycles. The fourth-order valence-corrected chi connectivity index (χ4v) is 2.26. The lowest BCUT2D eigenvalue weighted by molar-refractivity contribution is -0.00461. The van der Waals surface area contributed by atoms with E-state index in [1.807, 2.05) is 0 Å². The first kappa shape index (κ1) is 13.7. The molecule has 2 atom stereocenters. The number of nitriles is 1. The van der Waals surface area contributed by atoms with E-state index in [9.17, 15) is 8.78 Å². The summed E-state index contributed by atoms with van der Waals surface area (Å²) < 4.78 is 38.0. The van der Waals surface area contributed by atoms with Crippen molar-refractivity contribution in [3.63, 3.8) is 0 Å². The first-order valence-electron chi connectivity index (χ1n) is 5.81. The van der Waals surface area contributed by atoms with Gasteiger partial charge in [-0.25, -0.2) is 8.78 Å². The summed E-state index contributed by atoms with van der Waals surface area (Å²) >= 11 is 0. The van der Waals surface area contributed by atoms with Crippen LogP contribution in [0.15, 0.2) is 12.1 Å². The van der Waals surface area contributed by atoms with E-state index in [4.69, 9.17) is 14.7 Å². The van der Waals surface area contributed by atoms with Crippen LogP contribution in [-0.2, 0) is 9.47 Å². The van der Waals surface area contributed by atoms with Crippen LogP contribution in [0.2, 0.25) is 0 Å². The van der Waals surface area contributed by atoms with Gasteiger partial charge in [0.05, 0.1) is 11.3 Å². The number of anilines is 1. The summed E-state index contributed by atoms with van der Waals surface area (Å²) in [5.74, 6) is -2.12. The van der Waals surface area contributed by atoms with Crippen LogP contribution < -0.4 is 4.90 Å². The van der Waals surface area contributed by atoms with Gasteiger partial charge in [0, 0.05) is 27.3 Å². The standard InChI is InChI=1S/C13H14F2N2O2/c1-18-10-6-17(7-11(10)19-2)9-4-3-8(5-16)12(14)13(9)15/h3-4,10-11H,6-7H2,1-2H3. The SMILES string of the molecule is COC1CN(c2ccc(C#N)c(F)c2F)CC1OC. The molecule has 1 fully saturated rings. The molecule has 19 heavy (non-hydrogen) atoms. The van der Waals surface area contributed by atoms with Gasteiger partial charge in [-0.2, -0.15) is 5.26 Å². The van der Waals surface area contributed by atoms with Gasteiger partial charge in [-0.05, 0) is 12.1 Å². The summed E-state index contributed by atoms with van der Waals surface area (Å²) in [6, 6.07) is 4.29. The van der Waals surface area contributed by atoms with Crippen molar-refractivity contribution < 1.29 is 18.3 Å². The third kappa shape index (κ3) is 2.39. The largest absolute Gasteiger partial charge is 0.377 e. The lowest BCUT2D eigenvalue weighted by Crippen LogP contribution is -2.27. The number of halogens is 2. The molecule has 1 aliphatic rings. The van der Waals surface area contributed by atoms with Crippen molar-refractivity contribution in [1.82, 2.24) is 0 Å². The molecule has 102 valence electrons. The van der Waals surface area contributed by atoms with E-state index >= 15 is 0 Å². The molecule has 2 rings (SSSR count). The van der Waals surface area contributed by atoms with Gasteiger partial charge in [-0.1, -0.05) is 0 Å². The minimum absolute atomic E-state index is 0.123. The Bertz CT molecular complexity index is 504. The maximum atomic E-state index is 13.9. The molecule has 1 heterocycles. The minimum atomic E-state index is -1.12. The average Bonchev–Trinajstić information content (AvgIpc) is 2.84. The maximum Gasteiger partial charge on any atom is 0.183 e. The van der Waals surface area contributed by atoms with E-state index in [-0.39, 0.29) is 23.5 Å². The van der Waals surface area contributed by atoms with E-state index < -0.39 is 11.6 Å². The summed E-state index contributed by atoms with van der Waals surface area (Å²) in [5.41, 5.74) is -0.176. The maximum absolute atomic E-state index is 13.9. The smallest absolute Gasteiger partial charge is 0.183 e. The van der Waals surface area contributed by atoms with E-state index in [0.29, 0.717) is 13.1 Å². The lowest BCUT2D eigenvalue weighted by Gasteiger charge is -2.19. The zero-order chi connectivity index (χ0) is 14.0. The van der Waals surface area contributed by atoms with Gasteiger partial charge >= 0.3 is 0 Å². The van der Waals surface area contributed by atoms with Crippen molar-refractivity contribution in [1.29, 1.82) is 5.26 Å². The number of hydrogen-bond acceptors (Lipinski definition) is 4.